The van der Waals surface area contributed by atoms with Crippen molar-refractivity contribution in [2.45, 2.75) is 0 Å². The topological polar surface area (TPSA) is 3.24 Å². The molecular weight excluding hydrogens is 663 g/mol. The van der Waals surface area contributed by atoms with E-state index in [1.807, 2.05) is 89.8 Å². The second-order valence-electron chi connectivity index (χ2n) is 13.9. The molecule has 0 heterocycles. The molecule has 0 aromatic heterocycles. The summed E-state index contributed by atoms with van der Waals surface area (Å²) in [5.41, 5.74) is 8.97. The summed E-state index contributed by atoms with van der Waals surface area (Å²) in [5, 5.41) is 6.61. The smallest absolute Gasteiger partial charge is 0.0645 e. The molecule has 0 unspecified atom stereocenters. The van der Waals surface area contributed by atoms with E-state index in [1.54, 1.807) is 0 Å². The first-order valence-electron chi connectivity index (χ1n) is 20.6. The van der Waals surface area contributed by atoms with Crippen LogP contribution in [0.2, 0.25) is 0 Å². The quantitative estimate of drug-likeness (QED) is 0.149. The number of rotatable bonds is 7. The Labute approximate surface area is 327 Å². The zero-order chi connectivity index (χ0) is 40.0. The molecule has 0 radical (unpaired) electrons. The van der Waals surface area contributed by atoms with Gasteiger partial charge in [-0.15, -0.1) is 0 Å². The van der Waals surface area contributed by atoms with Crippen LogP contribution in [-0.4, -0.2) is 0 Å². The van der Waals surface area contributed by atoms with Crippen molar-refractivity contribution in [3.63, 3.8) is 0 Å². The fourth-order valence-electron chi connectivity index (χ4n) is 7.62. The van der Waals surface area contributed by atoms with Crippen LogP contribution in [0.25, 0.3) is 76.8 Å². The molecule has 10 rings (SSSR count). The maximum absolute atomic E-state index is 9.57. The highest BCUT2D eigenvalue weighted by molar-refractivity contribution is 6.08. The summed E-state index contributed by atoms with van der Waals surface area (Å²) in [6.07, 6.45) is 0. The van der Waals surface area contributed by atoms with Crippen molar-refractivity contribution < 1.29 is 5.48 Å². The molecule has 55 heavy (non-hydrogen) atoms. The number of hydrogen-bond acceptors (Lipinski definition) is 1. The molecule has 258 valence electrons. The fourth-order valence-corrected chi connectivity index (χ4v) is 7.62. The van der Waals surface area contributed by atoms with E-state index < -0.39 is 0 Å². The van der Waals surface area contributed by atoms with Crippen molar-refractivity contribution in [3.8, 4) is 44.5 Å². The minimum Gasteiger partial charge on any atom is -0.310 e. The van der Waals surface area contributed by atoms with E-state index in [0.29, 0.717) is 5.56 Å². The molecule has 0 aliphatic carbocycles. The number of anilines is 3. The Balaban J connectivity index is 1.10. The van der Waals surface area contributed by atoms with Gasteiger partial charge in [0.25, 0.3) is 0 Å². The average Bonchev–Trinajstić information content (AvgIpc) is 3.30. The summed E-state index contributed by atoms with van der Waals surface area (Å²) in [6, 6.07) is 67.6. The Hall–Kier alpha value is -7.22. The summed E-state index contributed by atoms with van der Waals surface area (Å²) in [5.74, 6) is 0. The van der Waals surface area contributed by atoms with Crippen molar-refractivity contribution in [2.75, 3.05) is 4.90 Å². The molecule has 0 aliphatic rings. The summed E-state index contributed by atoms with van der Waals surface area (Å²) >= 11 is 0. The Morgan fingerprint density at radius 3 is 1.51 bits per heavy atom. The maximum Gasteiger partial charge on any atom is 0.0645 e. The number of nitrogens with zero attached hydrogens (tertiary/aromatic N) is 1. The van der Waals surface area contributed by atoms with Crippen LogP contribution in [0.1, 0.15) is 5.48 Å². The van der Waals surface area contributed by atoms with Gasteiger partial charge < -0.3 is 4.90 Å². The van der Waals surface area contributed by atoms with E-state index >= 15 is 0 Å². The third kappa shape index (κ3) is 6.33. The molecule has 1 heteroatoms. The largest absolute Gasteiger partial charge is 0.310 e. The first-order chi connectivity index (χ1) is 28.9. The maximum atomic E-state index is 9.57. The number of fused-ring (bicyclic) bond motifs is 4. The second-order valence-corrected chi connectivity index (χ2v) is 13.9. The lowest BCUT2D eigenvalue weighted by Crippen LogP contribution is -2.10. The predicted octanol–water partition coefficient (Wildman–Crippen LogP) is 15.3. The van der Waals surface area contributed by atoms with Crippen molar-refractivity contribution in [3.05, 3.63) is 224 Å². The normalized spacial score (nSPS) is 12.3. The van der Waals surface area contributed by atoms with Gasteiger partial charge in [-0.05, 0) is 125 Å². The molecule has 0 amide bonds. The highest BCUT2D eigenvalue weighted by Gasteiger charge is 2.15. The standard InChI is InChI=1S/C54H37N/c1-2-9-38(10-3-1)40-17-19-41(20-18-40)42-25-30-50(31-26-42)55(52-15-8-14-46(37-52)48-23-21-39-11-4-5-13-45(39)35-48)51-32-27-43(28-33-51)47-29-34-54-49(36-47)24-22-44-12-6-7-16-53(44)54/h1-37H/i27D,28D,32D,33D. The van der Waals surface area contributed by atoms with Crippen LogP contribution in [0, 0.1) is 0 Å². The Morgan fingerprint density at radius 1 is 0.255 bits per heavy atom. The van der Waals surface area contributed by atoms with Gasteiger partial charge in [-0.3, -0.25) is 0 Å². The number of benzene rings is 10. The van der Waals surface area contributed by atoms with Crippen LogP contribution in [0.5, 0.6) is 0 Å². The van der Waals surface area contributed by atoms with Gasteiger partial charge in [0.05, 0.1) is 5.48 Å². The minimum absolute atomic E-state index is 0.0908. The van der Waals surface area contributed by atoms with Gasteiger partial charge >= 0.3 is 0 Å². The van der Waals surface area contributed by atoms with Crippen molar-refractivity contribution >= 4 is 49.4 Å². The van der Waals surface area contributed by atoms with E-state index in [9.17, 15) is 5.48 Å². The first-order valence-corrected chi connectivity index (χ1v) is 18.6. The van der Waals surface area contributed by atoms with Gasteiger partial charge in [0, 0.05) is 17.1 Å². The summed E-state index contributed by atoms with van der Waals surface area (Å²) < 4.78 is 38.0. The zero-order valence-electron chi connectivity index (χ0n) is 34.0. The summed E-state index contributed by atoms with van der Waals surface area (Å²) in [6.45, 7) is 0. The average molecular weight is 704 g/mol. The lowest BCUT2D eigenvalue weighted by atomic mass is 9.97. The van der Waals surface area contributed by atoms with Gasteiger partial charge in [0.2, 0.25) is 0 Å². The SMILES string of the molecule is [2H]c1c([2H])c(N(c2ccc(-c3ccc(-c4ccccc4)cc3)cc2)c2cccc(-c3ccc4ccccc4c3)c2)c([2H])c([2H])c1-c1ccc2c(ccc3ccccc32)c1. The zero-order valence-corrected chi connectivity index (χ0v) is 30.0. The molecular formula is C54H37N. The van der Waals surface area contributed by atoms with Gasteiger partial charge in [0.15, 0.2) is 0 Å². The molecule has 10 aromatic carbocycles. The summed E-state index contributed by atoms with van der Waals surface area (Å²) in [7, 11) is 0. The van der Waals surface area contributed by atoms with Crippen molar-refractivity contribution in [1.82, 2.24) is 0 Å². The van der Waals surface area contributed by atoms with Gasteiger partial charge in [-0.25, -0.2) is 0 Å². The molecule has 0 saturated carbocycles. The third-order valence-corrected chi connectivity index (χ3v) is 10.5. The van der Waals surface area contributed by atoms with Crippen LogP contribution >= 0.6 is 0 Å². The molecule has 0 spiro atoms. The monoisotopic (exact) mass is 703 g/mol. The van der Waals surface area contributed by atoms with Crippen LogP contribution in [-0.2, 0) is 0 Å². The van der Waals surface area contributed by atoms with E-state index in [4.69, 9.17) is 0 Å². The molecule has 0 aliphatic heterocycles. The number of hydrogen-bond donors (Lipinski definition) is 0. The lowest BCUT2D eigenvalue weighted by molar-refractivity contribution is 1.28. The molecule has 0 atom stereocenters. The van der Waals surface area contributed by atoms with E-state index in [-0.39, 0.29) is 35.4 Å². The molecule has 1 nitrogen and oxygen atoms in total. The lowest BCUT2D eigenvalue weighted by Gasteiger charge is -2.26. The van der Waals surface area contributed by atoms with E-state index in [1.165, 1.54) is 0 Å². The van der Waals surface area contributed by atoms with Crippen LogP contribution in [0.15, 0.2) is 224 Å². The highest BCUT2D eigenvalue weighted by Crippen LogP contribution is 2.39. The molecule has 0 N–H and O–H groups in total. The Morgan fingerprint density at radius 2 is 0.745 bits per heavy atom. The predicted molar refractivity (Wildman–Crippen MR) is 235 cm³/mol. The van der Waals surface area contributed by atoms with Gasteiger partial charge in [0.1, 0.15) is 0 Å². The highest BCUT2D eigenvalue weighted by atomic mass is 15.1. The molecule has 0 bridgehead atoms. The van der Waals surface area contributed by atoms with Gasteiger partial charge in [-0.1, -0.05) is 176 Å². The van der Waals surface area contributed by atoms with Crippen LogP contribution < -0.4 is 4.90 Å². The second kappa shape index (κ2) is 14.0. The first kappa shape index (κ1) is 28.3. The third-order valence-electron chi connectivity index (χ3n) is 10.5. The van der Waals surface area contributed by atoms with Gasteiger partial charge in [-0.2, -0.15) is 0 Å². The Kier molecular flexibility index (Phi) is 7.19. The summed E-state index contributed by atoms with van der Waals surface area (Å²) in [4.78, 5) is 1.86. The Bertz CT molecular complexity index is 3170. The van der Waals surface area contributed by atoms with E-state index in [2.05, 4.69) is 115 Å². The molecule has 0 fully saturated rings. The van der Waals surface area contributed by atoms with Crippen LogP contribution in [0.4, 0.5) is 17.1 Å². The van der Waals surface area contributed by atoms with Crippen molar-refractivity contribution in [2.24, 2.45) is 0 Å². The van der Waals surface area contributed by atoms with Crippen LogP contribution in [0.3, 0.4) is 0 Å². The van der Waals surface area contributed by atoms with Crippen molar-refractivity contribution in [1.29, 1.82) is 0 Å². The fraction of sp³-hybridized carbons (Fsp3) is 0. The molecule has 10 aromatic rings. The van der Waals surface area contributed by atoms with E-state index in [0.717, 1.165) is 77.1 Å². The minimum atomic E-state index is -0.115. The molecule has 0 saturated heterocycles.